The number of hydrogen-bond donors (Lipinski definition) is 1. The molecule has 140 valence electrons. The van der Waals surface area contributed by atoms with Gasteiger partial charge < -0.3 is 14.6 Å². The lowest BCUT2D eigenvalue weighted by Gasteiger charge is -2.17. The van der Waals surface area contributed by atoms with Crippen molar-refractivity contribution in [3.63, 3.8) is 0 Å². The zero-order chi connectivity index (χ0) is 18.9. The van der Waals surface area contributed by atoms with Crippen LogP contribution in [0.5, 0.6) is 11.5 Å². The van der Waals surface area contributed by atoms with Crippen molar-refractivity contribution in [2.24, 2.45) is 0 Å². The van der Waals surface area contributed by atoms with Crippen LogP contribution in [0.2, 0.25) is 0 Å². The molecule has 0 unspecified atom stereocenters. The minimum atomic E-state index is -0.0181. The largest absolute Gasteiger partial charge is 0.489 e. The van der Waals surface area contributed by atoms with Gasteiger partial charge in [-0.15, -0.1) is 0 Å². The van der Waals surface area contributed by atoms with Crippen LogP contribution < -0.4 is 9.47 Å². The quantitative estimate of drug-likeness (QED) is 0.583. The molecule has 27 heavy (non-hydrogen) atoms. The third-order valence-corrected chi connectivity index (χ3v) is 4.54. The summed E-state index contributed by atoms with van der Waals surface area (Å²) in [6.07, 6.45) is 0.823. The monoisotopic (exact) mass is 362 g/mol. The number of aliphatic hydroxyl groups is 1. The Bertz CT molecular complexity index is 816. The van der Waals surface area contributed by atoms with Gasteiger partial charge in [-0.2, -0.15) is 0 Å². The molecule has 3 heteroatoms. The molecule has 0 saturated carbocycles. The minimum absolute atomic E-state index is 0.0181. The third kappa shape index (κ3) is 5.60. The molecule has 0 aliphatic carbocycles. The van der Waals surface area contributed by atoms with E-state index < -0.39 is 0 Å². The standard InChI is InChI=1S/C24H26O3/c1-19(22-10-6-3-7-11-22)18-27-23-13-12-21(17-25)16-24(23)26-15-14-20-8-4-2-5-9-20/h2-13,16,19,25H,14-15,17-18H2,1H3/t19-/m1/s1. The molecule has 0 saturated heterocycles. The normalized spacial score (nSPS) is 11.8. The summed E-state index contributed by atoms with van der Waals surface area (Å²) < 4.78 is 12.0. The Kier molecular flexibility index (Phi) is 6.89. The summed E-state index contributed by atoms with van der Waals surface area (Å²) in [6.45, 7) is 3.25. The number of benzene rings is 3. The molecule has 0 fully saturated rings. The van der Waals surface area contributed by atoms with Crippen molar-refractivity contribution in [2.45, 2.75) is 25.9 Å². The van der Waals surface area contributed by atoms with Crippen LogP contribution >= 0.6 is 0 Å². The highest BCUT2D eigenvalue weighted by atomic mass is 16.5. The molecular formula is C24H26O3. The van der Waals surface area contributed by atoms with Crippen LogP contribution in [-0.2, 0) is 13.0 Å². The Hall–Kier alpha value is -2.78. The van der Waals surface area contributed by atoms with Crippen molar-refractivity contribution in [3.8, 4) is 11.5 Å². The second-order valence-corrected chi connectivity index (χ2v) is 6.65. The van der Waals surface area contributed by atoms with Crippen molar-refractivity contribution < 1.29 is 14.6 Å². The SMILES string of the molecule is C[C@H](COc1ccc(CO)cc1OCCc1ccccc1)c1ccccc1. The van der Waals surface area contributed by atoms with E-state index in [9.17, 15) is 5.11 Å². The topological polar surface area (TPSA) is 38.7 Å². The van der Waals surface area contributed by atoms with Crippen LogP contribution in [0.3, 0.4) is 0 Å². The van der Waals surface area contributed by atoms with E-state index in [0.717, 1.165) is 12.0 Å². The van der Waals surface area contributed by atoms with Gasteiger partial charge in [0.15, 0.2) is 11.5 Å². The molecule has 3 rings (SSSR count). The maximum atomic E-state index is 9.43. The average Bonchev–Trinajstić information content (AvgIpc) is 2.74. The Morgan fingerprint density at radius 1 is 0.778 bits per heavy atom. The van der Waals surface area contributed by atoms with E-state index >= 15 is 0 Å². The molecule has 3 nitrogen and oxygen atoms in total. The lowest BCUT2D eigenvalue weighted by molar-refractivity contribution is 0.256. The van der Waals surface area contributed by atoms with Crippen molar-refractivity contribution in [1.82, 2.24) is 0 Å². The van der Waals surface area contributed by atoms with Gasteiger partial charge in [0.2, 0.25) is 0 Å². The fourth-order valence-electron chi connectivity index (χ4n) is 2.90. The molecule has 3 aromatic carbocycles. The fraction of sp³-hybridized carbons (Fsp3) is 0.250. The summed E-state index contributed by atoms with van der Waals surface area (Å²) in [5.41, 5.74) is 3.29. The average molecular weight is 362 g/mol. The van der Waals surface area contributed by atoms with Gasteiger partial charge in [0, 0.05) is 12.3 Å². The zero-order valence-electron chi connectivity index (χ0n) is 15.7. The Morgan fingerprint density at radius 3 is 2.19 bits per heavy atom. The Morgan fingerprint density at radius 2 is 1.48 bits per heavy atom. The first-order chi connectivity index (χ1) is 13.3. The highest BCUT2D eigenvalue weighted by molar-refractivity contribution is 5.43. The van der Waals surface area contributed by atoms with E-state index in [1.807, 2.05) is 54.6 Å². The molecule has 3 aromatic rings. The summed E-state index contributed by atoms with van der Waals surface area (Å²) in [7, 11) is 0. The van der Waals surface area contributed by atoms with Crippen LogP contribution in [0.15, 0.2) is 78.9 Å². The molecule has 1 atom stereocenters. The van der Waals surface area contributed by atoms with Crippen LogP contribution in [0.4, 0.5) is 0 Å². The molecule has 0 aliphatic heterocycles. The van der Waals surface area contributed by atoms with Crippen LogP contribution in [0.1, 0.15) is 29.5 Å². The van der Waals surface area contributed by atoms with Gasteiger partial charge in [0.25, 0.3) is 0 Å². The Balaban J connectivity index is 1.63. The first kappa shape index (κ1) is 19.0. The Labute approximate surface area is 161 Å². The molecule has 0 amide bonds. The van der Waals surface area contributed by atoms with E-state index in [4.69, 9.17) is 9.47 Å². The molecule has 0 aliphatic rings. The molecule has 0 heterocycles. The molecule has 1 N–H and O–H groups in total. The third-order valence-electron chi connectivity index (χ3n) is 4.54. The predicted octanol–water partition coefficient (Wildman–Crippen LogP) is 4.98. The summed E-state index contributed by atoms with van der Waals surface area (Å²) >= 11 is 0. The maximum Gasteiger partial charge on any atom is 0.161 e. The van der Waals surface area contributed by atoms with Crippen LogP contribution in [-0.4, -0.2) is 18.3 Å². The molecule has 0 aromatic heterocycles. The van der Waals surface area contributed by atoms with Crippen molar-refractivity contribution in [1.29, 1.82) is 0 Å². The fourth-order valence-corrected chi connectivity index (χ4v) is 2.90. The van der Waals surface area contributed by atoms with E-state index in [0.29, 0.717) is 24.7 Å². The first-order valence-electron chi connectivity index (χ1n) is 9.34. The van der Waals surface area contributed by atoms with Gasteiger partial charge in [-0.05, 0) is 28.8 Å². The van der Waals surface area contributed by atoms with Gasteiger partial charge in [0.05, 0.1) is 19.8 Å². The smallest absolute Gasteiger partial charge is 0.161 e. The first-order valence-corrected chi connectivity index (χ1v) is 9.34. The number of hydrogen-bond acceptors (Lipinski definition) is 3. The highest BCUT2D eigenvalue weighted by Crippen LogP contribution is 2.30. The number of rotatable bonds is 9. The van der Waals surface area contributed by atoms with E-state index in [1.54, 1.807) is 0 Å². The highest BCUT2D eigenvalue weighted by Gasteiger charge is 2.11. The van der Waals surface area contributed by atoms with Gasteiger partial charge in [-0.25, -0.2) is 0 Å². The van der Waals surface area contributed by atoms with Gasteiger partial charge in [0.1, 0.15) is 0 Å². The van der Waals surface area contributed by atoms with Crippen molar-refractivity contribution in [2.75, 3.05) is 13.2 Å². The predicted molar refractivity (Wildman–Crippen MR) is 108 cm³/mol. The van der Waals surface area contributed by atoms with Gasteiger partial charge in [-0.3, -0.25) is 0 Å². The zero-order valence-corrected chi connectivity index (χ0v) is 15.7. The minimum Gasteiger partial charge on any atom is -0.489 e. The number of aliphatic hydroxyl groups excluding tert-OH is 1. The van der Waals surface area contributed by atoms with E-state index in [2.05, 4.69) is 31.2 Å². The molecule has 0 radical (unpaired) electrons. The number of ether oxygens (including phenoxy) is 2. The van der Waals surface area contributed by atoms with Gasteiger partial charge >= 0.3 is 0 Å². The summed E-state index contributed by atoms with van der Waals surface area (Å²) in [5, 5.41) is 9.43. The van der Waals surface area contributed by atoms with Crippen LogP contribution in [0.25, 0.3) is 0 Å². The second kappa shape index (κ2) is 9.79. The molecule has 0 spiro atoms. The molecular weight excluding hydrogens is 336 g/mol. The van der Waals surface area contributed by atoms with E-state index in [1.165, 1.54) is 11.1 Å². The molecule has 0 bridgehead atoms. The van der Waals surface area contributed by atoms with Crippen LogP contribution in [0, 0.1) is 0 Å². The van der Waals surface area contributed by atoms with Crippen molar-refractivity contribution in [3.05, 3.63) is 95.6 Å². The summed E-state index contributed by atoms with van der Waals surface area (Å²) in [5.74, 6) is 1.67. The van der Waals surface area contributed by atoms with E-state index in [-0.39, 0.29) is 12.5 Å². The summed E-state index contributed by atoms with van der Waals surface area (Å²) in [6, 6.07) is 26.2. The summed E-state index contributed by atoms with van der Waals surface area (Å²) in [4.78, 5) is 0. The maximum absolute atomic E-state index is 9.43. The van der Waals surface area contributed by atoms with Gasteiger partial charge in [-0.1, -0.05) is 73.7 Å². The lowest BCUT2D eigenvalue weighted by Crippen LogP contribution is -2.09. The van der Waals surface area contributed by atoms with Crippen molar-refractivity contribution >= 4 is 0 Å². The lowest BCUT2D eigenvalue weighted by atomic mass is 10.0. The second-order valence-electron chi connectivity index (χ2n) is 6.65.